The maximum Gasteiger partial charge on any atom is 0.336 e. The average Bonchev–Trinajstić information content (AvgIpc) is 3.04. The SMILES string of the molecule is CC(C)N(B1C(N(c2ccccc2C#C[Si](C)(C)C)[Si](c2ccccc2)(c2ccccc2)c2ccccc2)C(C)(C)N1C(C)C)C(C)C. The summed E-state index contributed by atoms with van der Waals surface area (Å²) in [6, 6.07) is 44.4. The number of hydrogen-bond donors (Lipinski definition) is 0. The van der Waals surface area contributed by atoms with Crippen LogP contribution in [0, 0.1) is 11.5 Å². The van der Waals surface area contributed by atoms with Gasteiger partial charge in [-0.05, 0) is 59.7 Å². The van der Waals surface area contributed by atoms with Gasteiger partial charge in [-0.1, -0.05) is 170 Å². The molecule has 1 fully saturated rings. The van der Waals surface area contributed by atoms with Gasteiger partial charge in [0.15, 0.2) is 0 Å². The third-order valence-corrected chi connectivity index (χ3v) is 15.6. The first-order valence-corrected chi connectivity index (χ1v) is 23.3. The summed E-state index contributed by atoms with van der Waals surface area (Å²) in [6.45, 7) is 26.4. The first-order chi connectivity index (χ1) is 22.7. The summed E-state index contributed by atoms with van der Waals surface area (Å²) in [5.74, 6) is 3.94. The summed E-state index contributed by atoms with van der Waals surface area (Å²) in [5.41, 5.74) is 5.98. The Hall–Kier alpha value is -3.34. The van der Waals surface area contributed by atoms with Crippen molar-refractivity contribution in [1.29, 1.82) is 0 Å². The molecule has 4 aromatic carbocycles. The summed E-state index contributed by atoms with van der Waals surface area (Å²) >= 11 is 0. The third-order valence-electron chi connectivity index (χ3n) is 9.96. The molecule has 1 aliphatic rings. The molecule has 1 aliphatic heterocycles. The standard InChI is InChI=1S/C42H56BN3Si2/c1-33(2)44(34(3)4)43-41(42(7,8)46(43)35(5)6)45(40-30-22-21-23-36(40)31-32-47(9,10)11)48(37-24-15-12-16-25-37,38-26-17-13-18-27-38)39-28-19-14-20-29-39/h12-30,33-35,41H,1-11H3. The van der Waals surface area contributed by atoms with E-state index in [2.05, 4.69) is 216 Å². The fourth-order valence-electron chi connectivity index (χ4n) is 8.40. The van der Waals surface area contributed by atoms with Crippen molar-refractivity contribution in [3.63, 3.8) is 0 Å². The fourth-order valence-corrected chi connectivity index (χ4v) is 14.2. The second-order valence-electron chi connectivity index (χ2n) is 15.8. The number of para-hydroxylation sites is 1. The largest absolute Gasteiger partial charge is 0.384 e. The Morgan fingerprint density at radius 2 is 1.06 bits per heavy atom. The van der Waals surface area contributed by atoms with E-state index in [0.29, 0.717) is 18.1 Å². The van der Waals surface area contributed by atoms with Crippen LogP contribution in [0.5, 0.6) is 0 Å². The first-order valence-electron chi connectivity index (χ1n) is 17.9. The number of nitrogens with zero attached hydrogens (tertiary/aromatic N) is 3. The minimum Gasteiger partial charge on any atom is -0.384 e. The molecule has 1 atom stereocenters. The zero-order chi connectivity index (χ0) is 34.9. The molecule has 3 nitrogen and oxygen atoms in total. The lowest BCUT2D eigenvalue weighted by molar-refractivity contribution is 0.0778. The normalized spacial score (nSPS) is 16.6. The van der Waals surface area contributed by atoms with Gasteiger partial charge in [0.1, 0.15) is 8.07 Å². The van der Waals surface area contributed by atoms with Gasteiger partial charge in [0.05, 0.1) is 0 Å². The van der Waals surface area contributed by atoms with Crippen molar-refractivity contribution >= 4 is 44.5 Å². The third kappa shape index (κ3) is 6.63. The highest BCUT2D eigenvalue weighted by molar-refractivity contribution is 7.14. The molecule has 0 spiro atoms. The van der Waals surface area contributed by atoms with E-state index in [-0.39, 0.29) is 18.5 Å². The predicted octanol–water partition coefficient (Wildman–Crippen LogP) is 7.41. The molecule has 48 heavy (non-hydrogen) atoms. The van der Waals surface area contributed by atoms with Gasteiger partial charge in [0.2, 0.25) is 0 Å². The summed E-state index contributed by atoms with van der Waals surface area (Å²) in [6.07, 6.45) is 0. The molecule has 4 aromatic rings. The topological polar surface area (TPSA) is 9.72 Å². The molecule has 0 N–H and O–H groups in total. The van der Waals surface area contributed by atoms with Crippen LogP contribution in [0.2, 0.25) is 19.6 Å². The van der Waals surface area contributed by atoms with Gasteiger partial charge in [-0.3, -0.25) is 0 Å². The molecule has 1 unspecified atom stereocenters. The molecule has 1 heterocycles. The number of anilines is 1. The molecule has 5 rings (SSSR count). The molecule has 0 aliphatic carbocycles. The van der Waals surface area contributed by atoms with Gasteiger partial charge in [-0.25, -0.2) is 0 Å². The zero-order valence-corrected chi connectivity index (χ0v) is 33.2. The Bertz CT molecular complexity index is 1590. The summed E-state index contributed by atoms with van der Waals surface area (Å²) < 4.78 is 2.95. The minimum absolute atomic E-state index is 0.142. The highest BCUT2D eigenvalue weighted by Crippen LogP contribution is 2.46. The molecule has 1 saturated heterocycles. The van der Waals surface area contributed by atoms with Gasteiger partial charge >= 0.3 is 6.98 Å². The molecule has 6 heteroatoms. The number of hydrogen-bond acceptors (Lipinski definition) is 3. The molecule has 250 valence electrons. The molecular formula is C42H56BN3Si2. The van der Waals surface area contributed by atoms with Crippen LogP contribution in [0.1, 0.15) is 61.0 Å². The van der Waals surface area contributed by atoms with Crippen LogP contribution >= 0.6 is 0 Å². The smallest absolute Gasteiger partial charge is 0.336 e. The monoisotopic (exact) mass is 669 g/mol. The number of benzene rings is 4. The van der Waals surface area contributed by atoms with E-state index in [1.807, 2.05) is 0 Å². The Morgan fingerprint density at radius 3 is 1.46 bits per heavy atom. The van der Waals surface area contributed by atoms with Crippen molar-refractivity contribution in [2.45, 2.75) is 105 Å². The Kier molecular flexibility index (Phi) is 10.7. The second kappa shape index (κ2) is 14.3. The minimum atomic E-state index is -3.02. The van der Waals surface area contributed by atoms with Crippen molar-refractivity contribution in [3.8, 4) is 11.5 Å². The van der Waals surface area contributed by atoms with Gasteiger partial charge < -0.3 is 14.2 Å². The second-order valence-corrected chi connectivity index (χ2v) is 24.2. The van der Waals surface area contributed by atoms with Crippen LogP contribution in [0.4, 0.5) is 5.69 Å². The molecule has 0 amide bonds. The van der Waals surface area contributed by atoms with Crippen LogP contribution in [0.3, 0.4) is 0 Å². The van der Waals surface area contributed by atoms with Crippen LogP contribution in [0.15, 0.2) is 115 Å². The van der Waals surface area contributed by atoms with Gasteiger partial charge in [-0.2, -0.15) is 0 Å². The van der Waals surface area contributed by atoms with Crippen molar-refractivity contribution in [2.24, 2.45) is 0 Å². The van der Waals surface area contributed by atoms with Crippen molar-refractivity contribution in [2.75, 3.05) is 4.57 Å². The molecule has 0 saturated carbocycles. The lowest BCUT2D eigenvalue weighted by atomic mass is 9.44. The van der Waals surface area contributed by atoms with E-state index in [0.717, 1.165) is 5.56 Å². The highest BCUT2D eigenvalue weighted by atomic mass is 28.3. The lowest BCUT2D eigenvalue weighted by Gasteiger charge is -2.70. The van der Waals surface area contributed by atoms with Crippen LogP contribution in [-0.4, -0.2) is 62.5 Å². The summed E-state index contributed by atoms with van der Waals surface area (Å²) in [7, 11) is -4.68. The molecule has 0 bridgehead atoms. The maximum absolute atomic E-state index is 3.78. The van der Waals surface area contributed by atoms with Crippen molar-refractivity contribution in [3.05, 3.63) is 121 Å². The summed E-state index contributed by atoms with van der Waals surface area (Å²) in [5, 5.41) is 4.15. The Balaban J connectivity index is 2.00. The van der Waals surface area contributed by atoms with E-state index in [1.54, 1.807) is 0 Å². The molecular weight excluding hydrogens is 613 g/mol. The van der Waals surface area contributed by atoms with Crippen molar-refractivity contribution in [1.82, 2.24) is 9.62 Å². The number of rotatable bonds is 10. The Morgan fingerprint density at radius 1 is 0.646 bits per heavy atom. The highest BCUT2D eigenvalue weighted by Gasteiger charge is 2.67. The molecule has 0 aromatic heterocycles. The van der Waals surface area contributed by atoms with Crippen LogP contribution in [0.25, 0.3) is 0 Å². The first kappa shape index (κ1) is 36.0. The van der Waals surface area contributed by atoms with E-state index >= 15 is 0 Å². The van der Waals surface area contributed by atoms with E-state index in [4.69, 9.17) is 0 Å². The van der Waals surface area contributed by atoms with Crippen LogP contribution in [-0.2, 0) is 0 Å². The van der Waals surface area contributed by atoms with Gasteiger partial charge in [0, 0.05) is 22.7 Å². The summed E-state index contributed by atoms with van der Waals surface area (Å²) in [4.78, 5) is 5.54. The molecule has 0 radical (unpaired) electrons. The van der Waals surface area contributed by atoms with E-state index in [9.17, 15) is 0 Å². The zero-order valence-electron chi connectivity index (χ0n) is 31.2. The van der Waals surface area contributed by atoms with E-state index in [1.165, 1.54) is 21.2 Å². The lowest BCUT2D eigenvalue weighted by Crippen LogP contribution is -2.93. The quantitative estimate of drug-likeness (QED) is 0.0990. The van der Waals surface area contributed by atoms with Crippen molar-refractivity contribution < 1.29 is 0 Å². The predicted molar refractivity (Wildman–Crippen MR) is 216 cm³/mol. The van der Waals surface area contributed by atoms with E-state index < -0.39 is 16.3 Å². The van der Waals surface area contributed by atoms with Crippen LogP contribution < -0.4 is 20.1 Å². The van der Waals surface area contributed by atoms with Gasteiger partial charge in [0.25, 0.3) is 8.24 Å². The Labute approximate surface area is 294 Å². The fraction of sp³-hybridized carbons (Fsp3) is 0.381. The maximum atomic E-state index is 3.78. The van der Waals surface area contributed by atoms with Gasteiger partial charge in [-0.15, -0.1) is 5.54 Å². The average molecular weight is 670 g/mol.